The van der Waals surface area contributed by atoms with Crippen LogP contribution in [0, 0.1) is 0 Å². The lowest BCUT2D eigenvalue weighted by Gasteiger charge is -1.68. The molecule has 0 radical (unpaired) electrons. The number of unbranched alkanes of at least 4 members (excludes halogenated alkanes) is 1. The molecule has 98 valence electrons. The fourth-order valence-corrected chi connectivity index (χ4v) is 0. The second kappa shape index (κ2) is 173. The average molecular weight is 218 g/mol. The molecule has 0 aromatic heterocycles. The third kappa shape index (κ3) is 7710. The zero-order valence-electron chi connectivity index (χ0n) is 11.8. The first-order valence-electron chi connectivity index (χ1n) is 5.81. The molecular formula is C15H38. The van der Waals surface area contributed by atoms with Crippen LogP contribution < -0.4 is 0 Å². The third-order valence-corrected chi connectivity index (χ3v) is 0.500. The highest BCUT2D eigenvalue weighted by Crippen LogP contribution is 1.76. The van der Waals surface area contributed by atoms with Gasteiger partial charge in [-0.3, -0.25) is 0 Å². The van der Waals surface area contributed by atoms with Gasteiger partial charge in [-0.25, -0.2) is 0 Å². The second-order valence-electron chi connectivity index (χ2n) is 2.12. The van der Waals surface area contributed by atoms with E-state index in [4.69, 9.17) is 0 Å². The van der Waals surface area contributed by atoms with Crippen LogP contribution in [-0.4, -0.2) is 0 Å². The Morgan fingerprint density at radius 1 is 0.867 bits per heavy atom. The lowest BCUT2D eigenvalue weighted by atomic mass is 10.4. The van der Waals surface area contributed by atoms with Crippen molar-refractivity contribution < 1.29 is 0 Å². The van der Waals surface area contributed by atoms with E-state index in [0.717, 1.165) is 0 Å². The molecule has 0 saturated carbocycles. The fraction of sp³-hybridized carbons (Fsp3) is 0.733. The largest absolute Gasteiger partial charge is 0.106 e. The Bertz CT molecular complexity index is 35.3. The molecule has 0 rings (SSSR count). The lowest BCUT2D eigenvalue weighted by Crippen LogP contribution is -1.47. The van der Waals surface area contributed by atoms with Crippen molar-refractivity contribution in [1.29, 1.82) is 0 Å². The predicted molar refractivity (Wildman–Crippen MR) is 81.8 cm³/mol. The minimum atomic E-state index is 0. The van der Waals surface area contributed by atoms with Crippen molar-refractivity contribution in [2.45, 2.75) is 75.2 Å². The van der Waals surface area contributed by atoms with Gasteiger partial charge in [0.2, 0.25) is 0 Å². The summed E-state index contributed by atoms with van der Waals surface area (Å²) in [6.45, 7) is 23.9. The molecule has 0 aromatic carbocycles. The van der Waals surface area contributed by atoms with Gasteiger partial charge in [-0.1, -0.05) is 74.3 Å². The van der Waals surface area contributed by atoms with Crippen LogP contribution in [0.4, 0.5) is 0 Å². The van der Waals surface area contributed by atoms with Crippen LogP contribution in [0.3, 0.4) is 0 Å². The van der Waals surface area contributed by atoms with Gasteiger partial charge >= 0.3 is 0 Å². The molecule has 0 heterocycles. The molecule has 0 atom stereocenters. The standard InChI is InChI=1S/C4H10.C3H8.C3H6.C2H6.C2H4.CH4/c1-3-4-2;2*1-3-2;2*1-2;/h3-4H2,1-2H3;3H2,1-2H3;3H,1H2,2H3;1-2H3;1-2H2;1H4. The average Bonchev–Trinajstić information content (AvgIpc) is 2.26. The van der Waals surface area contributed by atoms with Gasteiger partial charge < -0.3 is 0 Å². The highest BCUT2D eigenvalue weighted by Gasteiger charge is 1.56. The molecular weight excluding hydrogens is 180 g/mol. The summed E-state index contributed by atoms with van der Waals surface area (Å²) in [7, 11) is 0. The van der Waals surface area contributed by atoms with Crippen molar-refractivity contribution in [2.24, 2.45) is 0 Å². The summed E-state index contributed by atoms with van der Waals surface area (Å²) in [5, 5.41) is 0. The van der Waals surface area contributed by atoms with Crippen molar-refractivity contribution in [3.8, 4) is 0 Å². The Hall–Kier alpha value is -0.520. The van der Waals surface area contributed by atoms with Gasteiger partial charge in [0.1, 0.15) is 0 Å². The van der Waals surface area contributed by atoms with E-state index in [9.17, 15) is 0 Å². The first-order valence-corrected chi connectivity index (χ1v) is 5.81. The third-order valence-electron chi connectivity index (χ3n) is 0.500. The summed E-state index contributed by atoms with van der Waals surface area (Å²) in [5.74, 6) is 0. The Morgan fingerprint density at radius 2 is 0.933 bits per heavy atom. The van der Waals surface area contributed by atoms with Gasteiger partial charge in [0.25, 0.3) is 0 Å². The maximum Gasteiger partial charge on any atom is -0.0473 e. The van der Waals surface area contributed by atoms with Crippen LogP contribution in [0.15, 0.2) is 25.8 Å². The zero-order chi connectivity index (χ0) is 12.8. The summed E-state index contributed by atoms with van der Waals surface area (Å²) >= 11 is 0. The summed E-state index contributed by atoms with van der Waals surface area (Å²) in [5.41, 5.74) is 0. The number of hydrogen-bond donors (Lipinski definition) is 0. The van der Waals surface area contributed by atoms with E-state index in [-0.39, 0.29) is 7.43 Å². The van der Waals surface area contributed by atoms with Crippen molar-refractivity contribution >= 4 is 0 Å². The topological polar surface area (TPSA) is 0 Å². The van der Waals surface area contributed by atoms with Gasteiger partial charge in [0, 0.05) is 0 Å². The van der Waals surface area contributed by atoms with Crippen LogP contribution in [0.25, 0.3) is 0 Å². The molecule has 0 aliphatic rings. The molecule has 0 nitrogen and oxygen atoms in total. The normalized spacial score (nSPS) is 4.73. The molecule has 15 heavy (non-hydrogen) atoms. The molecule has 0 unspecified atom stereocenters. The van der Waals surface area contributed by atoms with E-state index in [1.54, 1.807) is 6.08 Å². The summed E-state index contributed by atoms with van der Waals surface area (Å²) in [6, 6.07) is 0. The fourth-order valence-electron chi connectivity index (χ4n) is 0. The SMILES string of the molecule is C.C=C.C=CC.CC.CCC.CCCC. The van der Waals surface area contributed by atoms with Gasteiger partial charge in [0.05, 0.1) is 0 Å². The molecule has 0 heteroatoms. The van der Waals surface area contributed by atoms with Crippen LogP contribution in [0.1, 0.15) is 75.2 Å². The predicted octanol–water partition coefficient (Wildman–Crippen LogP) is 6.88. The maximum absolute atomic E-state index is 3.36. The Labute approximate surface area is 101 Å². The molecule has 0 fully saturated rings. The number of hydrogen-bond acceptors (Lipinski definition) is 0. The smallest absolute Gasteiger partial charge is 0.0473 e. The second-order valence-corrected chi connectivity index (χ2v) is 2.12. The summed E-state index contributed by atoms with van der Waals surface area (Å²) < 4.78 is 0. The molecule has 0 spiro atoms. The van der Waals surface area contributed by atoms with Crippen molar-refractivity contribution in [3.05, 3.63) is 25.8 Å². The molecule has 0 aliphatic heterocycles. The van der Waals surface area contributed by atoms with Crippen molar-refractivity contribution in [2.75, 3.05) is 0 Å². The van der Waals surface area contributed by atoms with E-state index >= 15 is 0 Å². The summed E-state index contributed by atoms with van der Waals surface area (Å²) in [4.78, 5) is 0. The Balaban J connectivity index is -0.0000000171. The highest BCUT2D eigenvalue weighted by atomic mass is 13.6. The van der Waals surface area contributed by atoms with Crippen molar-refractivity contribution in [3.63, 3.8) is 0 Å². The van der Waals surface area contributed by atoms with Crippen LogP contribution in [-0.2, 0) is 0 Å². The van der Waals surface area contributed by atoms with E-state index < -0.39 is 0 Å². The van der Waals surface area contributed by atoms with Crippen LogP contribution >= 0.6 is 0 Å². The highest BCUT2D eigenvalue weighted by molar-refractivity contribution is 4.51. The van der Waals surface area contributed by atoms with Gasteiger partial charge in [0.15, 0.2) is 0 Å². The Kier molecular flexibility index (Phi) is 423. The van der Waals surface area contributed by atoms with E-state index in [2.05, 4.69) is 47.4 Å². The van der Waals surface area contributed by atoms with Gasteiger partial charge in [-0.05, 0) is 6.92 Å². The molecule has 0 saturated heterocycles. The monoisotopic (exact) mass is 218 g/mol. The molecule has 0 bridgehead atoms. The first kappa shape index (κ1) is 36.6. The van der Waals surface area contributed by atoms with Gasteiger partial charge in [-0.2, -0.15) is 0 Å². The summed E-state index contributed by atoms with van der Waals surface area (Å²) in [6.07, 6.45) is 5.64. The van der Waals surface area contributed by atoms with Crippen molar-refractivity contribution in [1.82, 2.24) is 0 Å². The van der Waals surface area contributed by atoms with E-state index in [0.29, 0.717) is 0 Å². The zero-order valence-corrected chi connectivity index (χ0v) is 11.8. The van der Waals surface area contributed by atoms with E-state index in [1.165, 1.54) is 19.3 Å². The lowest BCUT2D eigenvalue weighted by molar-refractivity contribution is 0.886. The van der Waals surface area contributed by atoms with Crippen LogP contribution in [0.2, 0.25) is 0 Å². The molecule has 0 amide bonds. The molecule has 0 aliphatic carbocycles. The number of rotatable bonds is 1. The molecule has 0 N–H and O–H groups in total. The van der Waals surface area contributed by atoms with E-state index in [1.807, 2.05) is 20.8 Å². The molecule has 0 aromatic rings. The maximum atomic E-state index is 3.36. The Morgan fingerprint density at radius 3 is 0.933 bits per heavy atom. The first-order chi connectivity index (χ1) is 6.74. The quantitative estimate of drug-likeness (QED) is 0.421. The minimum Gasteiger partial charge on any atom is -0.106 e. The van der Waals surface area contributed by atoms with Crippen LogP contribution in [0.5, 0.6) is 0 Å². The number of allylic oxidation sites excluding steroid dienone is 1. The van der Waals surface area contributed by atoms with Gasteiger partial charge in [-0.15, -0.1) is 19.7 Å². The minimum absolute atomic E-state index is 0.